The van der Waals surface area contributed by atoms with E-state index in [9.17, 15) is 4.79 Å². The van der Waals surface area contributed by atoms with E-state index in [1.807, 2.05) is 38.1 Å². The summed E-state index contributed by atoms with van der Waals surface area (Å²) in [6, 6.07) is 7.54. The largest absolute Gasteiger partial charge is 0.495 e. The number of nitrogens with zero attached hydrogens (tertiary/aromatic N) is 1. The van der Waals surface area contributed by atoms with Crippen LogP contribution >= 0.6 is 0 Å². The van der Waals surface area contributed by atoms with Gasteiger partial charge in [-0.1, -0.05) is 19.4 Å². The molecule has 0 aliphatic rings. The van der Waals surface area contributed by atoms with Crippen molar-refractivity contribution in [1.29, 1.82) is 5.26 Å². The highest BCUT2D eigenvalue weighted by Crippen LogP contribution is 2.25. The zero-order chi connectivity index (χ0) is 15.7. The summed E-state index contributed by atoms with van der Waals surface area (Å²) < 4.78 is 5.23. The number of nitrogens with one attached hydrogen (secondary N) is 2. The van der Waals surface area contributed by atoms with Gasteiger partial charge in [0.15, 0.2) is 0 Å². The van der Waals surface area contributed by atoms with Crippen LogP contribution in [0.4, 0.5) is 5.69 Å². The first kappa shape index (κ1) is 16.6. The van der Waals surface area contributed by atoms with Crippen molar-refractivity contribution in [3.63, 3.8) is 0 Å². The van der Waals surface area contributed by atoms with Gasteiger partial charge in [-0.05, 0) is 31.0 Å². The number of benzene rings is 1. The Kier molecular flexibility index (Phi) is 6.82. The van der Waals surface area contributed by atoms with Gasteiger partial charge in [0.2, 0.25) is 0 Å². The van der Waals surface area contributed by atoms with Crippen molar-refractivity contribution in [2.45, 2.75) is 26.7 Å². The maximum absolute atomic E-state index is 11.8. The zero-order valence-electron chi connectivity index (χ0n) is 12.7. The molecule has 5 heteroatoms. The van der Waals surface area contributed by atoms with Crippen LogP contribution in [0.15, 0.2) is 30.0 Å². The van der Waals surface area contributed by atoms with Crippen LogP contribution in [0.2, 0.25) is 0 Å². The second-order valence-corrected chi connectivity index (χ2v) is 4.63. The van der Waals surface area contributed by atoms with Gasteiger partial charge >= 0.3 is 0 Å². The Morgan fingerprint density at radius 3 is 2.86 bits per heavy atom. The first-order valence-electron chi connectivity index (χ1n) is 6.92. The Balaban J connectivity index is 2.79. The SMILES string of the molecule is CCCCNC(=O)/C(C#N)=C\Nc1cc(C)ccc1OC. The van der Waals surface area contributed by atoms with E-state index in [2.05, 4.69) is 10.6 Å². The summed E-state index contributed by atoms with van der Waals surface area (Å²) in [5, 5.41) is 14.7. The van der Waals surface area contributed by atoms with Gasteiger partial charge < -0.3 is 15.4 Å². The molecule has 0 radical (unpaired) electrons. The summed E-state index contributed by atoms with van der Waals surface area (Å²) >= 11 is 0. The summed E-state index contributed by atoms with van der Waals surface area (Å²) in [7, 11) is 1.57. The van der Waals surface area contributed by atoms with Crippen molar-refractivity contribution in [2.24, 2.45) is 0 Å². The van der Waals surface area contributed by atoms with Crippen LogP contribution < -0.4 is 15.4 Å². The molecule has 1 rings (SSSR count). The third-order valence-corrected chi connectivity index (χ3v) is 2.91. The van der Waals surface area contributed by atoms with Crippen LogP contribution in [-0.2, 0) is 4.79 Å². The molecule has 0 aliphatic heterocycles. The molecule has 1 aromatic carbocycles. The van der Waals surface area contributed by atoms with E-state index in [1.54, 1.807) is 7.11 Å². The number of amides is 1. The number of hydrogen-bond donors (Lipinski definition) is 2. The van der Waals surface area contributed by atoms with Crippen LogP contribution in [0.25, 0.3) is 0 Å². The fourth-order valence-electron chi connectivity index (χ4n) is 1.71. The summed E-state index contributed by atoms with van der Waals surface area (Å²) in [6.45, 7) is 4.57. The Hall–Kier alpha value is -2.48. The van der Waals surface area contributed by atoms with Crippen molar-refractivity contribution in [2.75, 3.05) is 19.0 Å². The third-order valence-electron chi connectivity index (χ3n) is 2.91. The van der Waals surface area contributed by atoms with Gasteiger partial charge in [-0.15, -0.1) is 0 Å². The molecule has 2 N–H and O–H groups in total. The Bertz CT molecular complexity index is 559. The van der Waals surface area contributed by atoms with Gasteiger partial charge in [-0.2, -0.15) is 5.26 Å². The monoisotopic (exact) mass is 287 g/mol. The van der Waals surface area contributed by atoms with E-state index < -0.39 is 0 Å². The lowest BCUT2D eigenvalue weighted by atomic mass is 10.2. The molecule has 0 fully saturated rings. The zero-order valence-corrected chi connectivity index (χ0v) is 12.7. The maximum atomic E-state index is 11.8. The van der Waals surface area contributed by atoms with Crippen molar-refractivity contribution in [1.82, 2.24) is 5.32 Å². The van der Waals surface area contributed by atoms with Crippen molar-refractivity contribution in [3.05, 3.63) is 35.5 Å². The Labute approximate surface area is 125 Å². The molecule has 0 atom stereocenters. The number of hydrogen-bond acceptors (Lipinski definition) is 4. The minimum absolute atomic E-state index is 0.0367. The minimum atomic E-state index is -0.370. The second kappa shape index (κ2) is 8.64. The molecule has 0 saturated heterocycles. The molecule has 5 nitrogen and oxygen atoms in total. The number of anilines is 1. The highest BCUT2D eigenvalue weighted by atomic mass is 16.5. The molecule has 0 saturated carbocycles. The fourth-order valence-corrected chi connectivity index (χ4v) is 1.71. The molecule has 0 aliphatic carbocycles. The molecule has 1 aromatic rings. The topological polar surface area (TPSA) is 74.2 Å². The van der Waals surface area contributed by atoms with Gasteiger partial charge in [-0.25, -0.2) is 0 Å². The third kappa shape index (κ3) is 5.19. The average Bonchev–Trinajstić information content (AvgIpc) is 2.48. The van der Waals surface area contributed by atoms with Gasteiger partial charge in [0.1, 0.15) is 17.4 Å². The van der Waals surface area contributed by atoms with Crippen molar-refractivity contribution >= 4 is 11.6 Å². The van der Waals surface area contributed by atoms with E-state index in [0.717, 1.165) is 18.4 Å². The van der Waals surface area contributed by atoms with Gasteiger partial charge in [0.25, 0.3) is 5.91 Å². The first-order valence-corrected chi connectivity index (χ1v) is 6.92. The first-order chi connectivity index (χ1) is 10.1. The maximum Gasteiger partial charge on any atom is 0.263 e. The van der Waals surface area contributed by atoms with Gasteiger partial charge in [0, 0.05) is 12.7 Å². The van der Waals surface area contributed by atoms with Crippen LogP contribution in [-0.4, -0.2) is 19.6 Å². The standard InChI is InChI=1S/C16H21N3O2/c1-4-5-8-18-16(20)13(10-17)11-19-14-9-12(2)6-7-15(14)21-3/h6-7,9,11,19H,4-5,8H2,1-3H3,(H,18,20)/b13-11-. The quantitative estimate of drug-likeness (QED) is 0.459. The van der Waals surface area contributed by atoms with E-state index in [0.29, 0.717) is 18.0 Å². The normalized spacial score (nSPS) is 10.7. The van der Waals surface area contributed by atoms with Crippen LogP contribution in [0.1, 0.15) is 25.3 Å². The van der Waals surface area contributed by atoms with E-state index >= 15 is 0 Å². The fraction of sp³-hybridized carbons (Fsp3) is 0.375. The molecular weight excluding hydrogens is 266 g/mol. The van der Waals surface area contributed by atoms with Crippen LogP contribution in [0.5, 0.6) is 5.75 Å². The minimum Gasteiger partial charge on any atom is -0.495 e. The number of unbranched alkanes of at least 4 members (excludes halogenated alkanes) is 1. The smallest absolute Gasteiger partial charge is 0.263 e. The lowest BCUT2D eigenvalue weighted by molar-refractivity contribution is -0.117. The van der Waals surface area contributed by atoms with E-state index in [-0.39, 0.29) is 11.5 Å². The van der Waals surface area contributed by atoms with Crippen LogP contribution in [0.3, 0.4) is 0 Å². The van der Waals surface area contributed by atoms with Crippen molar-refractivity contribution < 1.29 is 9.53 Å². The summed E-state index contributed by atoms with van der Waals surface area (Å²) in [5.41, 5.74) is 1.80. The number of nitriles is 1. The number of rotatable bonds is 7. The molecule has 0 bridgehead atoms. The predicted octanol–water partition coefficient (Wildman–Crippen LogP) is 2.74. The summed E-state index contributed by atoms with van der Waals surface area (Å²) in [5.74, 6) is 0.283. The predicted molar refractivity (Wildman–Crippen MR) is 83.0 cm³/mol. The lowest BCUT2D eigenvalue weighted by Gasteiger charge is -2.09. The number of ether oxygens (including phenoxy) is 1. The molecule has 0 heterocycles. The van der Waals surface area contributed by atoms with Crippen molar-refractivity contribution in [3.8, 4) is 11.8 Å². The second-order valence-electron chi connectivity index (χ2n) is 4.63. The van der Waals surface area contributed by atoms with Gasteiger partial charge in [0.05, 0.1) is 12.8 Å². The number of methoxy groups -OCH3 is 1. The van der Waals surface area contributed by atoms with E-state index in [1.165, 1.54) is 6.20 Å². The molecule has 0 spiro atoms. The Morgan fingerprint density at radius 1 is 1.48 bits per heavy atom. The number of carbonyl (C=O) groups is 1. The molecule has 21 heavy (non-hydrogen) atoms. The molecule has 0 aromatic heterocycles. The summed E-state index contributed by atoms with van der Waals surface area (Å²) in [6.07, 6.45) is 3.28. The molecule has 0 unspecified atom stereocenters. The number of aryl methyl sites for hydroxylation is 1. The molecule has 1 amide bonds. The van der Waals surface area contributed by atoms with Crippen LogP contribution in [0, 0.1) is 18.3 Å². The van der Waals surface area contributed by atoms with Gasteiger partial charge in [-0.3, -0.25) is 4.79 Å². The average molecular weight is 287 g/mol. The molecule has 112 valence electrons. The summed E-state index contributed by atoms with van der Waals surface area (Å²) in [4.78, 5) is 11.8. The highest BCUT2D eigenvalue weighted by molar-refractivity contribution is 5.97. The lowest BCUT2D eigenvalue weighted by Crippen LogP contribution is -2.25. The number of carbonyl (C=O) groups excluding carboxylic acids is 1. The Morgan fingerprint density at radius 2 is 2.24 bits per heavy atom. The van der Waals surface area contributed by atoms with E-state index in [4.69, 9.17) is 10.00 Å². The molecular formula is C16H21N3O2. The highest BCUT2D eigenvalue weighted by Gasteiger charge is 2.08.